The van der Waals surface area contributed by atoms with Gasteiger partial charge in [-0.2, -0.15) is 0 Å². The molecule has 0 aromatic heterocycles. The van der Waals surface area contributed by atoms with E-state index in [1.54, 1.807) is 0 Å². The van der Waals surface area contributed by atoms with Gasteiger partial charge in [0.05, 0.1) is 0 Å². The number of hydrogen-bond donors (Lipinski definition) is 1. The fourth-order valence-corrected chi connectivity index (χ4v) is 2.66. The molecule has 0 atom stereocenters. The Hall–Kier alpha value is -0.570. The Morgan fingerprint density at radius 2 is 1.67 bits per heavy atom. The molecule has 1 aliphatic carbocycles. The minimum atomic E-state index is -0.819. The molecule has 18 heavy (non-hydrogen) atoms. The van der Waals surface area contributed by atoms with Crippen molar-refractivity contribution in [2.75, 3.05) is 6.54 Å². The average molecular weight is 253 g/mol. The first-order valence-electron chi connectivity index (χ1n) is 7.72. The first-order chi connectivity index (χ1) is 8.69. The van der Waals surface area contributed by atoms with E-state index in [-0.39, 0.29) is 5.91 Å². The summed E-state index contributed by atoms with van der Waals surface area (Å²) in [7, 11) is 0. The second-order valence-corrected chi connectivity index (χ2v) is 5.67. The third-order valence-corrected chi connectivity index (χ3v) is 3.96. The van der Waals surface area contributed by atoms with Gasteiger partial charge in [0.1, 0.15) is 5.54 Å². The molecule has 0 spiro atoms. The van der Waals surface area contributed by atoms with E-state index in [1.165, 1.54) is 38.5 Å². The van der Waals surface area contributed by atoms with Crippen molar-refractivity contribution in [3.05, 3.63) is 0 Å². The molecule has 1 rings (SSSR count). The lowest BCUT2D eigenvalue weighted by Gasteiger charge is -2.30. The molecule has 0 aromatic rings. The van der Waals surface area contributed by atoms with Crippen molar-refractivity contribution in [2.24, 2.45) is 0 Å². The van der Waals surface area contributed by atoms with E-state index < -0.39 is 5.54 Å². The van der Waals surface area contributed by atoms with Gasteiger partial charge in [0.2, 0.25) is 5.91 Å². The van der Waals surface area contributed by atoms with Crippen molar-refractivity contribution in [3.63, 3.8) is 0 Å². The van der Waals surface area contributed by atoms with Gasteiger partial charge in [-0.15, -0.1) is 0 Å². The van der Waals surface area contributed by atoms with Crippen molar-refractivity contribution >= 4 is 5.91 Å². The zero-order valence-electron chi connectivity index (χ0n) is 11.9. The van der Waals surface area contributed by atoms with Crippen LogP contribution in [0.5, 0.6) is 0 Å². The van der Waals surface area contributed by atoms with Crippen molar-refractivity contribution in [3.8, 4) is 0 Å². The van der Waals surface area contributed by atoms with E-state index in [0.717, 1.165) is 38.6 Å². The molecular weight excluding hydrogens is 224 g/mol. The van der Waals surface area contributed by atoms with Gasteiger partial charge in [0, 0.05) is 6.54 Å². The molecule has 1 radical (unpaired) electrons. The topological polar surface area (TPSA) is 52.9 Å². The van der Waals surface area contributed by atoms with Crippen LogP contribution in [0.25, 0.3) is 0 Å². The zero-order chi connectivity index (χ0) is 13.3. The summed E-state index contributed by atoms with van der Waals surface area (Å²) >= 11 is 0. The molecule has 0 bridgehead atoms. The molecule has 0 saturated heterocycles. The average Bonchev–Trinajstić information content (AvgIpc) is 2.38. The van der Waals surface area contributed by atoms with E-state index >= 15 is 0 Å². The third kappa shape index (κ3) is 5.38. The van der Waals surface area contributed by atoms with E-state index in [2.05, 4.69) is 12.2 Å². The summed E-state index contributed by atoms with van der Waals surface area (Å²) in [5, 5.41) is 2.96. The molecular formula is C15H29N2O. The monoisotopic (exact) mass is 253 g/mol. The maximum atomic E-state index is 12.0. The fraction of sp³-hybridized carbons (Fsp3) is 0.933. The summed E-state index contributed by atoms with van der Waals surface area (Å²) in [5.74, 6) is -0.0317. The number of carbonyl (C=O) groups excluding carboxylic acids is 1. The Balaban J connectivity index is 2.05. The Bertz CT molecular complexity index is 235. The van der Waals surface area contributed by atoms with Crippen LogP contribution in [-0.4, -0.2) is 18.0 Å². The second kappa shape index (κ2) is 8.52. The summed E-state index contributed by atoms with van der Waals surface area (Å²) in [5.41, 5.74) is 7.37. The van der Waals surface area contributed by atoms with Crippen LogP contribution in [0.3, 0.4) is 0 Å². The van der Waals surface area contributed by atoms with Gasteiger partial charge in [-0.1, -0.05) is 58.3 Å². The van der Waals surface area contributed by atoms with Crippen LogP contribution < -0.4 is 11.1 Å². The molecule has 0 heterocycles. The summed E-state index contributed by atoms with van der Waals surface area (Å²) < 4.78 is 0. The van der Waals surface area contributed by atoms with E-state index in [0.29, 0.717) is 0 Å². The lowest BCUT2D eigenvalue weighted by Crippen LogP contribution is -2.49. The molecule has 3 heteroatoms. The lowest BCUT2D eigenvalue weighted by atomic mass is 9.82. The first-order valence-corrected chi connectivity index (χ1v) is 7.72. The van der Waals surface area contributed by atoms with Gasteiger partial charge in [0.25, 0.3) is 0 Å². The maximum absolute atomic E-state index is 12.0. The largest absolute Gasteiger partial charge is 0.354 e. The second-order valence-electron chi connectivity index (χ2n) is 5.67. The molecule has 105 valence electrons. The highest BCUT2D eigenvalue weighted by atomic mass is 16.2. The van der Waals surface area contributed by atoms with Crippen LogP contribution >= 0.6 is 0 Å². The van der Waals surface area contributed by atoms with Crippen LogP contribution in [0, 0.1) is 0 Å². The minimum absolute atomic E-state index is 0.0317. The highest BCUT2D eigenvalue weighted by Crippen LogP contribution is 2.27. The standard InChI is InChI=1S/C15H29N2O/c1-2-3-4-5-6-10-13-17-14(18)15(16)11-8-7-9-12-15/h16H,2-13H2,1H3,(H,17,18). The number of hydrogen-bond acceptors (Lipinski definition) is 1. The first kappa shape index (κ1) is 15.5. The van der Waals surface area contributed by atoms with Crippen LogP contribution in [0.15, 0.2) is 0 Å². The summed E-state index contributed by atoms with van der Waals surface area (Å²) in [6.45, 7) is 2.98. The Labute approximate surface area is 112 Å². The van der Waals surface area contributed by atoms with E-state index in [1.807, 2.05) is 0 Å². The number of rotatable bonds is 8. The van der Waals surface area contributed by atoms with Crippen LogP contribution in [-0.2, 0) is 4.79 Å². The summed E-state index contributed by atoms with van der Waals surface area (Å²) in [6, 6.07) is 0. The van der Waals surface area contributed by atoms with Gasteiger partial charge < -0.3 is 5.32 Å². The highest BCUT2D eigenvalue weighted by molar-refractivity contribution is 5.85. The summed E-state index contributed by atoms with van der Waals surface area (Å²) in [6.07, 6.45) is 12.2. The predicted octanol–water partition coefficient (Wildman–Crippen LogP) is 3.45. The van der Waals surface area contributed by atoms with Gasteiger partial charge in [-0.3, -0.25) is 4.79 Å². The van der Waals surface area contributed by atoms with Crippen molar-refractivity contribution in [1.82, 2.24) is 11.1 Å². The van der Waals surface area contributed by atoms with Crippen molar-refractivity contribution < 1.29 is 4.79 Å². The van der Waals surface area contributed by atoms with Gasteiger partial charge in [0.15, 0.2) is 0 Å². The molecule has 3 nitrogen and oxygen atoms in total. The molecule has 0 aromatic carbocycles. The third-order valence-electron chi connectivity index (χ3n) is 3.96. The fourth-order valence-electron chi connectivity index (χ4n) is 2.66. The smallest absolute Gasteiger partial charge is 0.241 e. The van der Waals surface area contributed by atoms with Crippen LogP contribution in [0.1, 0.15) is 77.6 Å². The Morgan fingerprint density at radius 3 is 2.33 bits per heavy atom. The number of carbonyl (C=O) groups is 1. The molecule has 0 aliphatic heterocycles. The predicted molar refractivity (Wildman–Crippen MR) is 75.3 cm³/mol. The Kier molecular flexibility index (Phi) is 7.33. The zero-order valence-corrected chi connectivity index (χ0v) is 11.9. The number of amides is 1. The van der Waals surface area contributed by atoms with Crippen molar-refractivity contribution in [2.45, 2.75) is 83.1 Å². The maximum Gasteiger partial charge on any atom is 0.241 e. The molecule has 1 aliphatic rings. The van der Waals surface area contributed by atoms with Crippen molar-refractivity contribution in [1.29, 1.82) is 0 Å². The molecule has 1 fully saturated rings. The van der Waals surface area contributed by atoms with Gasteiger partial charge >= 0.3 is 0 Å². The normalized spacial score (nSPS) is 18.6. The van der Waals surface area contributed by atoms with Gasteiger partial charge in [-0.05, 0) is 19.3 Å². The van der Waals surface area contributed by atoms with Crippen LogP contribution in [0.2, 0.25) is 0 Å². The molecule has 1 saturated carbocycles. The van der Waals surface area contributed by atoms with E-state index in [9.17, 15) is 4.79 Å². The lowest BCUT2D eigenvalue weighted by molar-refractivity contribution is -0.127. The SMILES string of the molecule is CCCCCCCCNC(=O)C1([NH])CCCCC1. The summed E-state index contributed by atoms with van der Waals surface area (Å²) in [4.78, 5) is 12.0. The van der Waals surface area contributed by atoms with E-state index in [4.69, 9.17) is 5.73 Å². The molecule has 2 N–H and O–H groups in total. The number of unbranched alkanes of at least 4 members (excludes halogenated alkanes) is 5. The van der Waals surface area contributed by atoms with Crippen LogP contribution in [0.4, 0.5) is 0 Å². The minimum Gasteiger partial charge on any atom is -0.354 e. The molecule has 1 amide bonds. The highest BCUT2D eigenvalue weighted by Gasteiger charge is 2.35. The number of nitrogens with one attached hydrogen (secondary N) is 2. The van der Waals surface area contributed by atoms with Gasteiger partial charge in [-0.25, -0.2) is 5.73 Å². The quantitative estimate of drug-likeness (QED) is 0.662. The Morgan fingerprint density at radius 1 is 1.06 bits per heavy atom. The molecule has 0 unspecified atom stereocenters.